The molecule has 5 atom stereocenters. The van der Waals surface area contributed by atoms with E-state index in [1.165, 1.54) is 0 Å². The third kappa shape index (κ3) is 1.41. The molecule has 1 heterocycles. The molecule has 4 nitrogen and oxygen atoms in total. The minimum absolute atomic E-state index is 0.216. The Bertz CT molecular complexity index is 472. The smallest absolute Gasteiger partial charge is 0.398 e. The first-order chi connectivity index (χ1) is 8.80. The van der Waals surface area contributed by atoms with Gasteiger partial charge in [-0.25, -0.2) is 4.79 Å². The summed E-state index contributed by atoms with van der Waals surface area (Å²) in [7, 11) is 0. The van der Waals surface area contributed by atoms with Crippen molar-refractivity contribution < 1.29 is 32.2 Å². The zero-order valence-electron chi connectivity index (χ0n) is 9.77. The van der Waals surface area contributed by atoms with Crippen molar-refractivity contribution in [3.8, 4) is 0 Å². The van der Waals surface area contributed by atoms with E-state index < -0.39 is 47.6 Å². The fourth-order valence-corrected chi connectivity index (χ4v) is 3.68. The van der Waals surface area contributed by atoms with E-state index >= 15 is 0 Å². The molecule has 0 N–H and O–H groups in total. The van der Waals surface area contributed by atoms with Crippen LogP contribution < -0.4 is 0 Å². The SMILES string of the molecule is C=CC(=O)OC1C2OC(=O)C3CC1(C(F)(F)F)CC32. The van der Waals surface area contributed by atoms with E-state index in [2.05, 4.69) is 6.58 Å². The zero-order valence-corrected chi connectivity index (χ0v) is 9.77. The molecular formula is C12H11F3O4. The third-order valence-corrected chi connectivity index (χ3v) is 4.50. The van der Waals surface area contributed by atoms with Gasteiger partial charge in [0.1, 0.15) is 11.5 Å². The highest BCUT2D eigenvalue weighted by atomic mass is 19.4. The van der Waals surface area contributed by atoms with Crippen LogP contribution in [0, 0.1) is 17.3 Å². The number of alkyl halides is 3. The van der Waals surface area contributed by atoms with E-state index in [0.29, 0.717) is 0 Å². The van der Waals surface area contributed by atoms with Gasteiger partial charge in [-0.3, -0.25) is 4.79 Å². The molecule has 0 radical (unpaired) electrons. The molecule has 5 unspecified atom stereocenters. The normalized spacial score (nSPS) is 43.2. The molecular weight excluding hydrogens is 265 g/mol. The van der Waals surface area contributed by atoms with Crippen LogP contribution in [-0.4, -0.2) is 30.3 Å². The maximum Gasteiger partial charge on any atom is 0.398 e. The topological polar surface area (TPSA) is 52.6 Å². The monoisotopic (exact) mass is 276 g/mol. The molecule has 104 valence electrons. The van der Waals surface area contributed by atoms with Crippen molar-refractivity contribution in [2.24, 2.45) is 17.3 Å². The van der Waals surface area contributed by atoms with Crippen LogP contribution in [0.1, 0.15) is 12.8 Å². The lowest BCUT2D eigenvalue weighted by Gasteiger charge is -2.36. The van der Waals surface area contributed by atoms with Gasteiger partial charge < -0.3 is 9.47 Å². The van der Waals surface area contributed by atoms with Crippen LogP contribution in [0.15, 0.2) is 12.7 Å². The van der Waals surface area contributed by atoms with Gasteiger partial charge in [0, 0.05) is 12.0 Å². The first-order valence-electron chi connectivity index (χ1n) is 5.90. The highest BCUT2D eigenvalue weighted by Gasteiger charge is 2.78. The molecule has 3 aliphatic rings. The number of carbonyl (C=O) groups excluding carboxylic acids is 2. The molecule has 3 rings (SSSR count). The average molecular weight is 276 g/mol. The highest BCUT2D eigenvalue weighted by Crippen LogP contribution is 2.67. The summed E-state index contributed by atoms with van der Waals surface area (Å²) >= 11 is 0. The molecule has 1 saturated heterocycles. The second kappa shape index (κ2) is 3.52. The first-order valence-corrected chi connectivity index (χ1v) is 5.90. The highest BCUT2D eigenvalue weighted by molar-refractivity contribution is 5.82. The molecule has 19 heavy (non-hydrogen) atoms. The Kier molecular flexibility index (Phi) is 2.32. The molecule has 2 aliphatic carbocycles. The molecule has 2 bridgehead atoms. The van der Waals surface area contributed by atoms with E-state index in [1.54, 1.807) is 0 Å². The minimum Gasteiger partial charge on any atom is -0.458 e. The predicted molar refractivity (Wildman–Crippen MR) is 54.7 cm³/mol. The molecule has 2 saturated carbocycles. The van der Waals surface area contributed by atoms with Gasteiger partial charge in [0.25, 0.3) is 0 Å². The number of ether oxygens (including phenoxy) is 2. The molecule has 1 aliphatic heterocycles. The van der Waals surface area contributed by atoms with Crippen LogP contribution in [0.3, 0.4) is 0 Å². The average Bonchev–Trinajstić information content (AvgIpc) is 2.90. The number of rotatable bonds is 2. The lowest BCUT2D eigenvalue weighted by atomic mass is 9.77. The van der Waals surface area contributed by atoms with Gasteiger partial charge in [-0.1, -0.05) is 6.58 Å². The molecule has 0 aromatic carbocycles. The van der Waals surface area contributed by atoms with Gasteiger partial charge in [0.2, 0.25) is 0 Å². The Morgan fingerprint density at radius 2 is 2.16 bits per heavy atom. The van der Waals surface area contributed by atoms with E-state index in [-0.39, 0.29) is 12.8 Å². The maximum absolute atomic E-state index is 13.4. The molecule has 0 aromatic rings. The van der Waals surface area contributed by atoms with E-state index in [9.17, 15) is 22.8 Å². The van der Waals surface area contributed by atoms with Crippen molar-refractivity contribution in [1.82, 2.24) is 0 Å². The summed E-state index contributed by atoms with van der Waals surface area (Å²) in [6, 6.07) is 0. The van der Waals surface area contributed by atoms with Crippen molar-refractivity contribution >= 4 is 11.9 Å². The van der Waals surface area contributed by atoms with Gasteiger partial charge in [-0.05, 0) is 12.8 Å². The van der Waals surface area contributed by atoms with Gasteiger partial charge in [-0.15, -0.1) is 0 Å². The van der Waals surface area contributed by atoms with E-state index in [0.717, 1.165) is 6.08 Å². The number of hydrogen-bond acceptors (Lipinski definition) is 4. The van der Waals surface area contributed by atoms with Crippen molar-refractivity contribution in [1.29, 1.82) is 0 Å². The Hall–Kier alpha value is -1.53. The van der Waals surface area contributed by atoms with Crippen LogP contribution in [0.4, 0.5) is 13.2 Å². The van der Waals surface area contributed by atoms with Crippen LogP contribution in [0.5, 0.6) is 0 Å². The Labute approximate surface area is 106 Å². The first kappa shape index (κ1) is 12.5. The van der Waals surface area contributed by atoms with Gasteiger partial charge >= 0.3 is 18.1 Å². The number of fused-ring (bicyclic) bond motifs is 1. The Morgan fingerprint density at radius 3 is 2.74 bits per heavy atom. The summed E-state index contributed by atoms with van der Waals surface area (Å²) in [6.07, 6.45) is -6.72. The summed E-state index contributed by atoms with van der Waals surface area (Å²) in [4.78, 5) is 22.7. The fraction of sp³-hybridized carbons (Fsp3) is 0.667. The molecule has 0 aromatic heterocycles. The number of carbonyl (C=O) groups is 2. The summed E-state index contributed by atoms with van der Waals surface area (Å²) in [5.74, 6) is -2.76. The second-order valence-electron chi connectivity index (χ2n) is 5.30. The fourth-order valence-electron chi connectivity index (χ4n) is 3.68. The van der Waals surface area contributed by atoms with Crippen molar-refractivity contribution in [3.63, 3.8) is 0 Å². The van der Waals surface area contributed by atoms with Crippen molar-refractivity contribution in [2.45, 2.75) is 31.2 Å². The second-order valence-corrected chi connectivity index (χ2v) is 5.30. The summed E-state index contributed by atoms with van der Waals surface area (Å²) in [6.45, 7) is 3.16. The van der Waals surface area contributed by atoms with Crippen LogP contribution in [-0.2, 0) is 19.1 Å². The van der Waals surface area contributed by atoms with Crippen LogP contribution in [0.2, 0.25) is 0 Å². The van der Waals surface area contributed by atoms with Gasteiger partial charge in [-0.2, -0.15) is 13.2 Å². The number of hydrogen-bond donors (Lipinski definition) is 0. The van der Waals surface area contributed by atoms with Gasteiger partial charge in [0.15, 0.2) is 6.10 Å². The third-order valence-electron chi connectivity index (χ3n) is 4.50. The number of esters is 2. The van der Waals surface area contributed by atoms with E-state index in [1.807, 2.05) is 0 Å². The molecule has 0 spiro atoms. The minimum atomic E-state index is -4.53. The van der Waals surface area contributed by atoms with Crippen molar-refractivity contribution in [2.75, 3.05) is 0 Å². The molecule has 0 amide bonds. The summed E-state index contributed by atoms with van der Waals surface area (Å²) in [5.41, 5.74) is -2.15. The summed E-state index contributed by atoms with van der Waals surface area (Å²) < 4.78 is 49.9. The summed E-state index contributed by atoms with van der Waals surface area (Å²) in [5, 5.41) is 0. The van der Waals surface area contributed by atoms with Crippen molar-refractivity contribution in [3.05, 3.63) is 12.7 Å². The lowest BCUT2D eigenvalue weighted by molar-refractivity contribution is -0.256. The van der Waals surface area contributed by atoms with Crippen LogP contribution >= 0.6 is 0 Å². The Balaban J connectivity index is 2.00. The predicted octanol–water partition coefficient (Wildman–Crippen LogP) is 1.60. The maximum atomic E-state index is 13.4. The van der Waals surface area contributed by atoms with E-state index in [4.69, 9.17) is 9.47 Å². The quantitative estimate of drug-likeness (QED) is 0.568. The van der Waals surface area contributed by atoms with Crippen LogP contribution in [0.25, 0.3) is 0 Å². The Morgan fingerprint density at radius 1 is 1.47 bits per heavy atom. The van der Waals surface area contributed by atoms with Gasteiger partial charge in [0.05, 0.1) is 5.92 Å². The lowest BCUT2D eigenvalue weighted by Crippen LogP contribution is -2.50. The zero-order chi connectivity index (χ0) is 14.0. The standard InChI is InChI=1S/C12H11F3O4/c1-2-7(16)18-9-8-5-3-11(9,12(13,14)15)4-6(5)10(17)19-8/h2,5-6,8-9H,1,3-4H2. The molecule has 3 fully saturated rings. The number of halogens is 3. The molecule has 7 heteroatoms. The largest absolute Gasteiger partial charge is 0.458 e.